The van der Waals surface area contributed by atoms with E-state index in [0.717, 1.165) is 0 Å². The van der Waals surface area contributed by atoms with E-state index in [1.807, 2.05) is 0 Å². The first-order chi connectivity index (χ1) is 10.0. The molecule has 0 fully saturated rings. The fourth-order valence-corrected chi connectivity index (χ4v) is 2.15. The van der Waals surface area contributed by atoms with Crippen molar-refractivity contribution in [1.82, 2.24) is 0 Å². The number of halogens is 2. The minimum absolute atomic E-state index is 0.0294. The first-order valence-corrected chi connectivity index (χ1v) is 6.82. The lowest BCUT2D eigenvalue weighted by Gasteiger charge is -2.15. The van der Waals surface area contributed by atoms with Gasteiger partial charge in [-0.1, -0.05) is 17.7 Å². The van der Waals surface area contributed by atoms with E-state index in [-0.39, 0.29) is 12.2 Å². The maximum absolute atomic E-state index is 13.7. The molecule has 3 nitrogen and oxygen atoms in total. The molecule has 112 valence electrons. The second-order valence-electron chi connectivity index (χ2n) is 4.57. The predicted octanol–water partition coefficient (Wildman–Crippen LogP) is 4.12. The van der Waals surface area contributed by atoms with Crippen LogP contribution in [0.1, 0.15) is 24.2 Å². The minimum atomic E-state index is -0.706. The van der Waals surface area contributed by atoms with Gasteiger partial charge < -0.3 is 14.6 Å². The van der Waals surface area contributed by atoms with Crippen LogP contribution in [0.4, 0.5) is 4.39 Å². The number of ether oxygens (including phenoxy) is 2. The van der Waals surface area contributed by atoms with Crippen molar-refractivity contribution < 1.29 is 19.0 Å². The Morgan fingerprint density at radius 2 is 2.05 bits per heavy atom. The highest BCUT2D eigenvalue weighted by Gasteiger charge is 2.13. The molecule has 0 spiro atoms. The molecule has 0 unspecified atom stereocenters. The molecule has 0 aliphatic rings. The molecule has 0 aliphatic carbocycles. The Labute approximate surface area is 127 Å². The zero-order valence-electron chi connectivity index (χ0n) is 11.8. The molecule has 0 amide bonds. The van der Waals surface area contributed by atoms with E-state index in [4.69, 9.17) is 21.1 Å². The fourth-order valence-electron chi connectivity index (χ4n) is 1.93. The van der Waals surface area contributed by atoms with Crippen LogP contribution in [0.2, 0.25) is 5.02 Å². The van der Waals surface area contributed by atoms with E-state index >= 15 is 0 Å². The molecule has 1 N–H and O–H groups in total. The highest BCUT2D eigenvalue weighted by Crippen LogP contribution is 2.31. The lowest BCUT2D eigenvalue weighted by molar-refractivity contribution is 0.189. The van der Waals surface area contributed by atoms with Crippen molar-refractivity contribution in [2.24, 2.45) is 0 Å². The maximum atomic E-state index is 13.7. The quantitative estimate of drug-likeness (QED) is 0.903. The summed E-state index contributed by atoms with van der Waals surface area (Å²) in [6.07, 6.45) is -0.706. The lowest BCUT2D eigenvalue weighted by atomic mass is 10.1. The third kappa shape index (κ3) is 3.65. The molecule has 21 heavy (non-hydrogen) atoms. The second kappa shape index (κ2) is 6.78. The first-order valence-electron chi connectivity index (χ1n) is 6.44. The number of rotatable bonds is 5. The van der Waals surface area contributed by atoms with Crippen molar-refractivity contribution >= 4 is 11.6 Å². The number of methoxy groups -OCH3 is 1. The molecule has 2 aromatic carbocycles. The Balaban J connectivity index is 2.26. The lowest BCUT2D eigenvalue weighted by Crippen LogP contribution is -2.03. The number of aliphatic hydroxyl groups excluding tert-OH is 1. The van der Waals surface area contributed by atoms with Crippen molar-refractivity contribution in [2.75, 3.05) is 7.11 Å². The summed E-state index contributed by atoms with van der Waals surface area (Å²) in [7, 11) is 1.54. The number of aliphatic hydroxyl groups is 1. The number of benzene rings is 2. The first kappa shape index (κ1) is 15.6. The summed E-state index contributed by atoms with van der Waals surface area (Å²) in [6.45, 7) is 1.60. The zero-order valence-corrected chi connectivity index (χ0v) is 12.5. The van der Waals surface area contributed by atoms with Gasteiger partial charge in [0.25, 0.3) is 0 Å². The smallest absolute Gasteiger partial charge is 0.131 e. The van der Waals surface area contributed by atoms with Crippen LogP contribution in [0.15, 0.2) is 36.4 Å². The van der Waals surface area contributed by atoms with Gasteiger partial charge >= 0.3 is 0 Å². The van der Waals surface area contributed by atoms with Gasteiger partial charge in [-0.2, -0.15) is 0 Å². The minimum Gasteiger partial charge on any atom is -0.497 e. The molecule has 0 saturated carbocycles. The normalized spacial score (nSPS) is 12.0. The van der Waals surface area contributed by atoms with Crippen LogP contribution >= 0.6 is 11.6 Å². The molecule has 0 saturated heterocycles. The third-order valence-electron chi connectivity index (χ3n) is 3.10. The van der Waals surface area contributed by atoms with E-state index < -0.39 is 11.9 Å². The van der Waals surface area contributed by atoms with Crippen molar-refractivity contribution in [2.45, 2.75) is 19.6 Å². The fraction of sp³-hybridized carbons (Fsp3) is 0.250. The van der Waals surface area contributed by atoms with Crippen LogP contribution in [0.3, 0.4) is 0 Å². The molecule has 0 bridgehead atoms. The predicted molar refractivity (Wildman–Crippen MR) is 79.4 cm³/mol. The molecular weight excluding hydrogens is 295 g/mol. The van der Waals surface area contributed by atoms with E-state index in [2.05, 4.69) is 0 Å². The van der Waals surface area contributed by atoms with Gasteiger partial charge in [0.15, 0.2) is 0 Å². The van der Waals surface area contributed by atoms with Gasteiger partial charge in [0.2, 0.25) is 0 Å². The van der Waals surface area contributed by atoms with Crippen LogP contribution in [0.5, 0.6) is 11.5 Å². The van der Waals surface area contributed by atoms with E-state index in [9.17, 15) is 9.50 Å². The third-order valence-corrected chi connectivity index (χ3v) is 3.46. The van der Waals surface area contributed by atoms with Gasteiger partial charge in [-0.3, -0.25) is 0 Å². The summed E-state index contributed by atoms with van der Waals surface area (Å²) in [5, 5.41) is 10.1. The molecular formula is C16H16ClFO3. The van der Waals surface area contributed by atoms with E-state index in [1.165, 1.54) is 19.2 Å². The van der Waals surface area contributed by atoms with Gasteiger partial charge in [-0.05, 0) is 31.2 Å². The van der Waals surface area contributed by atoms with Crippen molar-refractivity contribution in [3.8, 4) is 11.5 Å². The van der Waals surface area contributed by atoms with Gasteiger partial charge in [-0.15, -0.1) is 0 Å². The van der Waals surface area contributed by atoms with Crippen molar-refractivity contribution in [3.63, 3.8) is 0 Å². The van der Waals surface area contributed by atoms with Crippen LogP contribution in [0.25, 0.3) is 0 Å². The van der Waals surface area contributed by atoms with Crippen LogP contribution in [-0.2, 0) is 6.61 Å². The molecule has 2 rings (SSSR count). The highest BCUT2D eigenvalue weighted by atomic mass is 35.5. The Kier molecular flexibility index (Phi) is 5.04. The standard InChI is InChI=1S/C16H16ClFO3/c1-10(19)12-7-6-11(20-2)8-16(12)21-9-13-14(17)4-3-5-15(13)18/h3-8,10,19H,9H2,1-2H3/t10-/m0/s1. The summed E-state index contributed by atoms with van der Waals surface area (Å²) in [4.78, 5) is 0. The molecule has 0 radical (unpaired) electrons. The number of hydrogen-bond acceptors (Lipinski definition) is 3. The van der Waals surface area contributed by atoms with Crippen LogP contribution in [-0.4, -0.2) is 12.2 Å². The van der Waals surface area contributed by atoms with Crippen LogP contribution in [0, 0.1) is 5.82 Å². The number of hydrogen-bond donors (Lipinski definition) is 1. The molecule has 1 atom stereocenters. The van der Waals surface area contributed by atoms with Gasteiger partial charge in [0.05, 0.1) is 18.2 Å². The Morgan fingerprint density at radius 1 is 1.29 bits per heavy atom. The maximum Gasteiger partial charge on any atom is 0.131 e. The Morgan fingerprint density at radius 3 is 2.67 bits per heavy atom. The summed E-state index contributed by atoms with van der Waals surface area (Å²) >= 11 is 5.96. The van der Waals surface area contributed by atoms with Crippen molar-refractivity contribution in [3.05, 3.63) is 58.4 Å². The summed E-state index contributed by atoms with van der Waals surface area (Å²) in [5.74, 6) is 0.599. The average molecular weight is 311 g/mol. The summed E-state index contributed by atoms with van der Waals surface area (Å²) < 4.78 is 24.5. The molecule has 5 heteroatoms. The summed E-state index contributed by atoms with van der Waals surface area (Å²) in [5.41, 5.74) is 0.877. The van der Waals surface area contributed by atoms with E-state index in [1.54, 1.807) is 31.2 Å². The summed E-state index contributed by atoms with van der Waals surface area (Å²) in [6, 6.07) is 9.55. The van der Waals surface area contributed by atoms with Crippen molar-refractivity contribution in [1.29, 1.82) is 0 Å². The molecule has 0 aliphatic heterocycles. The SMILES string of the molecule is COc1ccc([C@H](C)O)c(OCc2c(F)cccc2Cl)c1. The molecule has 2 aromatic rings. The van der Waals surface area contributed by atoms with Crippen LogP contribution < -0.4 is 9.47 Å². The topological polar surface area (TPSA) is 38.7 Å². The molecule has 0 aromatic heterocycles. The largest absolute Gasteiger partial charge is 0.497 e. The second-order valence-corrected chi connectivity index (χ2v) is 4.98. The van der Waals surface area contributed by atoms with E-state index in [0.29, 0.717) is 22.1 Å². The van der Waals surface area contributed by atoms with Gasteiger partial charge in [0.1, 0.15) is 23.9 Å². The average Bonchev–Trinajstić information content (AvgIpc) is 2.46. The van der Waals surface area contributed by atoms with Gasteiger partial charge in [-0.25, -0.2) is 4.39 Å². The Bertz CT molecular complexity index is 609. The highest BCUT2D eigenvalue weighted by molar-refractivity contribution is 6.31. The monoisotopic (exact) mass is 310 g/mol. The zero-order chi connectivity index (χ0) is 15.4. The molecule has 0 heterocycles. The Hall–Kier alpha value is -1.78. The van der Waals surface area contributed by atoms with Gasteiger partial charge in [0, 0.05) is 17.2 Å².